The van der Waals surface area contributed by atoms with Gasteiger partial charge in [0.25, 0.3) is 0 Å². The zero-order valence-electron chi connectivity index (χ0n) is 14.9. The number of nitrogens with zero attached hydrogens (tertiary/aromatic N) is 1. The van der Waals surface area contributed by atoms with Crippen LogP contribution in [0, 0.1) is 6.92 Å². The average molecular weight is 361 g/mol. The lowest BCUT2D eigenvalue weighted by molar-refractivity contribution is -0.122. The molecule has 6 nitrogen and oxygen atoms in total. The van der Waals surface area contributed by atoms with E-state index in [1.54, 1.807) is 6.07 Å². The molecule has 0 bridgehead atoms. The second kappa shape index (κ2) is 6.99. The van der Waals surface area contributed by atoms with Gasteiger partial charge in [0.2, 0.25) is 5.91 Å². The zero-order valence-corrected chi connectivity index (χ0v) is 14.9. The minimum absolute atomic E-state index is 0.202. The Balaban J connectivity index is 1.36. The number of benzene rings is 2. The molecule has 4 aromatic rings. The van der Waals surface area contributed by atoms with Crippen LogP contribution in [0.5, 0.6) is 0 Å². The summed E-state index contributed by atoms with van der Waals surface area (Å²) < 4.78 is 7.61. The summed E-state index contributed by atoms with van der Waals surface area (Å²) in [6.07, 6.45) is 2.20. The van der Waals surface area contributed by atoms with E-state index in [1.165, 1.54) is 0 Å². The van der Waals surface area contributed by atoms with Crippen molar-refractivity contribution < 1.29 is 14.0 Å². The highest BCUT2D eigenvalue weighted by molar-refractivity contribution is 5.99. The van der Waals surface area contributed by atoms with Gasteiger partial charge in [-0.15, -0.1) is 0 Å². The number of carbonyl (C=O) groups excluding carboxylic acids is 2. The maximum Gasteiger partial charge on any atom is 0.305 e. The molecule has 6 heteroatoms. The van der Waals surface area contributed by atoms with E-state index in [4.69, 9.17) is 4.42 Å². The number of hydrogen-bond donors (Lipinski definition) is 2. The van der Waals surface area contributed by atoms with Gasteiger partial charge >= 0.3 is 5.91 Å². The zero-order chi connectivity index (χ0) is 18.8. The quantitative estimate of drug-likeness (QED) is 0.546. The lowest BCUT2D eigenvalue weighted by atomic mass is 10.1. The fraction of sp³-hybridized carbons (Fsp3) is 0.143. The first kappa shape index (κ1) is 16.9. The molecule has 0 saturated carbocycles. The Hall–Kier alpha value is -3.54. The number of aromatic nitrogens is 1. The summed E-state index contributed by atoms with van der Waals surface area (Å²) >= 11 is 0. The van der Waals surface area contributed by atoms with Gasteiger partial charge < -0.3 is 8.98 Å². The van der Waals surface area contributed by atoms with Crippen molar-refractivity contribution in [1.29, 1.82) is 0 Å². The third-order valence-corrected chi connectivity index (χ3v) is 4.63. The van der Waals surface area contributed by atoms with Crippen LogP contribution in [0.25, 0.3) is 21.9 Å². The predicted octanol–water partition coefficient (Wildman–Crippen LogP) is 3.55. The molecule has 4 rings (SSSR count). The van der Waals surface area contributed by atoms with Crippen LogP contribution in [0.3, 0.4) is 0 Å². The molecule has 0 aliphatic rings. The van der Waals surface area contributed by atoms with Crippen molar-refractivity contribution in [2.75, 3.05) is 0 Å². The summed E-state index contributed by atoms with van der Waals surface area (Å²) in [7, 11) is 0. The summed E-state index contributed by atoms with van der Waals surface area (Å²) in [5.74, 6) is -0.536. The maximum absolute atomic E-state index is 12.3. The molecule has 27 heavy (non-hydrogen) atoms. The number of para-hydroxylation sites is 2. The van der Waals surface area contributed by atoms with E-state index < -0.39 is 5.91 Å². The third kappa shape index (κ3) is 3.29. The van der Waals surface area contributed by atoms with Crippen LogP contribution in [0.1, 0.15) is 22.5 Å². The van der Waals surface area contributed by atoms with Gasteiger partial charge in [-0.1, -0.05) is 36.4 Å². The van der Waals surface area contributed by atoms with Crippen LogP contribution in [-0.4, -0.2) is 16.4 Å². The molecule has 0 atom stereocenters. The Morgan fingerprint density at radius 2 is 1.78 bits per heavy atom. The number of hydrazine groups is 1. The van der Waals surface area contributed by atoms with Crippen molar-refractivity contribution in [2.24, 2.45) is 0 Å². The maximum atomic E-state index is 12.3. The molecule has 2 N–H and O–H groups in total. The molecule has 2 aromatic carbocycles. The number of nitrogens with one attached hydrogen (secondary N) is 2. The third-order valence-electron chi connectivity index (χ3n) is 4.63. The molecule has 2 aromatic heterocycles. The van der Waals surface area contributed by atoms with E-state index in [1.807, 2.05) is 66.2 Å². The topological polar surface area (TPSA) is 76.3 Å². The lowest BCUT2D eigenvalue weighted by Crippen LogP contribution is -2.42. The summed E-state index contributed by atoms with van der Waals surface area (Å²) in [6.45, 7) is 2.35. The van der Waals surface area contributed by atoms with Gasteiger partial charge in [0, 0.05) is 35.6 Å². The van der Waals surface area contributed by atoms with Crippen molar-refractivity contribution in [3.05, 3.63) is 72.1 Å². The Bertz CT molecular complexity index is 1140. The number of aryl methyl sites for hydroxylation is 2. The summed E-state index contributed by atoms with van der Waals surface area (Å²) in [6, 6.07) is 17.4. The van der Waals surface area contributed by atoms with Crippen LogP contribution in [-0.2, 0) is 11.3 Å². The highest BCUT2D eigenvalue weighted by Gasteiger charge is 2.17. The van der Waals surface area contributed by atoms with Gasteiger partial charge in [-0.3, -0.25) is 20.4 Å². The van der Waals surface area contributed by atoms with Crippen LogP contribution in [0.4, 0.5) is 0 Å². The van der Waals surface area contributed by atoms with E-state index in [0.717, 1.165) is 21.9 Å². The molecule has 2 amide bonds. The van der Waals surface area contributed by atoms with E-state index in [2.05, 4.69) is 10.9 Å². The molecule has 2 heterocycles. The Labute approximate surface area is 155 Å². The first-order valence-electron chi connectivity index (χ1n) is 8.74. The Morgan fingerprint density at radius 3 is 2.63 bits per heavy atom. The molecule has 0 saturated heterocycles. The fourth-order valence-electron chi connectivity index (χ4n) is 3.19. The van der Waals surface area contributed by atoms with Gasteiger partial charge in [-0.05, 0) is 30.5 Å². The van der Waals surface area contributed by atoms with E-state index in [9.17, 15) is 9.59 Å². The van der Waals surface area contributed by atoms with Gasteiger partial charge in [-0.25, -0.2) is 0 Å². The highest BCUT2D eigenvalue weighted by Crippen LogP contribution is 2.24. The van der Waals surface area contributed by atoms with Crippen molar-refractivity contribution in [2.45, 2.75) is 19.9 Å². The monoisotopic (exact) mass is 361 g/mol. The summed E-state index contributed by atoms with van der Waals surface area (Å²) in [5, 5.41) is 2.01. The van der Waals surface area contributed by atoms with Crippen molar-refractivity contribution in [3.63, 3.8) is 0 Å². The smallest absolute Gasteiger partial charge is 0.305 e. The minimum Gasteiger partial charge on any atom is -0.451 e. The predicted molar refractivity (Wildman–Crippen MR) is 103 cm³/mol. The van der Waals surface area contributed by atoms with Crippen molar-refractivity contribution in [1.82, 2.24) is 15.4 Å². The summed E-state index contributed by atoms with van der Waals surface area (Å²) in [5.41, 5.74) is 7.34. The number of furan rings is 1. The molecule has 0 aliphatic carbocycles. The van der Waals surface area contributed by atoms with Crippen LogP contribution >= 0.6 is 0 Å². The Morgan fingerprint density at radius 1 is 1.00 bits per heavy atom. The standard InChI is InChI=1S/C21H19N3O3/c1-14-16-7-3-5-9-18(16)27-20(14)21(26)23-22-19(25)11-13-24-12-10-15-6-2-4-8-17(15)24/h2-10,12H,11,13H2,1H3,(H,22,25)(H,23,26). The average Bonchev–Trinajstić information content (AvgIpc) is 3.26. The van der Waals surface area contributed by atoms with Crippen LogP contribution < -0.4 is 10.9 Å². The first-order chi connectivity index (χ1) is 13.1. The van der Waals surface area contributed by atoms with Gasteiger partial charge in [0.1, 0.15) is 5.58 Å². The van der Waals surface area contributed by atoms with Crippen LogP contribution in [0.2, 0.25) is 0 Å². The van der Waals surface area contributed by atoms with E-state index in [-0.39, 0.29) is 18.1 Å². The van der Waals surface area contributed by atoms with E-state index >= 15 is 0 Å². The molecule has 0 unspecified atom stereocenters. The lowest BCUT2D eigenvalue weighted by Gasteiger charge is -2.08. The number of rotatable bonds is 4. The number of fused-ring (bicyclic) bond motifs is 2. The highest BCUT2D eigenvalue weighted by atomic mass is 16.3. The SMILES string of the molecule is Cc1c(C(=O)NNC(=O)CCn2ccc3ccccc32)oc2ccccc12. The van der Waals surface area contributed by atoms with Crippen molar-refractivity contribution >= 4 is 33.7 Å². The second-order valence-corrected chi connectivity index (χ2v) is 6.37. The first-order valence-corrected chi connectivity index (χ1v) is 8.74. The van der Waals surface area contributed by atoms with Gasteiger partial charge in [-0.2, -0.15) is 0 Å². The van der Waals surface area contributed by atoms with Gasteiger partial charge in [0.15, 0.2) is 5.76 Å². The largest absolute Gasteiger partial charge is 0.451 e. The molecule has 0 aliphatic heterocycles. The van der Waals surface area contributed by atoms with E-state index in [0.29, 0.717) is 12.1 Å². The molecule has 136 valence electrons. The second-order valence-electron chi connectivity index (χ2n) is 6.37. The molecule has 0 spiro atoms. The normalized spacial score (nSPS) is 11.0. The Kier molecular flexibility index (Phi) is 4.38. The number of amides is 2. The minimum atomic E-state index is -0.469. The summed E-state index contributed by atoms with van der Waals surface area (Å²) in [4.78, 5) is 24.4. The van der Waals surface area contributed by atoms with Gasteiger partial charge in [0.05, 0.1) is 0 Å². The molecule has 0 radical (unpaired) electrons. The van der Waals surface area contributed by atoms with Crippen molar-refractivity contribution in [3.8, 4) is 0 Å². The molecule has 0 fully saturated rings. The number of carbonyl (C=O) groups is 2. The molecular weight excluding hydrogens is 342 g/mol. The fourth-order valence-corrected chi connectivity index (χ4v) is 3.19. The number of hydrogen-bond acceptors (Lipinski definition) is 3. The van der Waals surface area contributed by atoms with Crippen LogP contribution in [0.15, 0.2) is 65.2 Å². The molecular formula is C21H19N3O3.